The summed E-state index contributed by atoms with van der Waals surface area (Å²) < 4.78 is 24.3. The van der Waals surface area contributed by atoms with Crippen molar-refractivity contribution in [1.82, 2.24) is 10.1 Å². The van der Waals surface area contributed by atoms with Gasteiger partial charge in [0.2, 0.25) is 0 Å². The summed E-state index contributed by atoms with van der Waals surface area (Å²) in [5.74, 6) is 0.414. The molecule has 7 nitrogen and oxygen atoms in total. The zero-order chi connectivity index (χ0) is 21.4. The van der Waals surface area contributed by atoms with E-state index >= 15 is 0 Å². The normalized spacial score (nSPS) is 15.8. The first-order chi connectivity index (χ1) is 15.1. The van der Waals surface area contributed by atoms with E-state index in [-0.39, 0.29) is 11.8 Å². The fraction of sp³-hybridized carbons (Fsp3) is 0.143. The molecule has 1 unspecified atom stereocenters. The highest BCUT2D eigenvalue weighted by molar-refractivity contribution is 8.14. The summed E-state index contributed by atoms with van der Waals surface area (Å²) in [4.78, 5) is 20.5. The van der Waals surface area contributed by atoms with Crippen LogP contribution in [-0.2, 0) is 9.53 Å². The number of aromatic nitrogens is 2. The molecule has 2 aromatic carbocycles. The molecule has 0 radical (unpaired) electrons. The van der Waals surface area contributed by atoms with Crippen LogP contribution >= 0.6 is 23.1 Å². The van der Waals surface area contributed by atoms with Crippen molar-refractivity contribution in [2.75, 3.05) is 18.2 Å². The van der Waals surface area contributed by atoms with Gasteiger partial charge in [-0.25, -0.2) is 14.2 Å². The van der Waals surface area contributed by atoms with Crippen molar-refractivity contribution in [2.45, 2.75) is 6.04 Å². The number of anilines is 2. The molecule has 4 aromatic rings. The van der Waals surface area contributed by atoms with Crippen molar-refractivity contribution >= 4 is 55.1 Å². The Kier molecular flexibility index (Phi) is 5.16. The molecule has 1 atom stereocenters. The van der Waals surface area contributed by atoms with Gasteiger partial charge in [-0.15, -0.1) is 11.8 Å². The molecule has 2 aromatic heterocycles. The average molecular weight is 455 g/mol. The lowest BCUT2D eigenvalue weighted by Crippen LogP contribution is -2.19. The number of esters is 1. The molecule has 156 valence electrons. The fourth-order valence-corrected chi connectivity index (χ4v) is 4.95. The first kappa shape index (κ1) is 19.7. The second-order valence-corrected chi connectivity index (χ2v) is 8.73. The first-order valence-corrected chi connectivity index (χ1v) is 11.1. The van der Waals surface area contributed by atoms with Gasteiger partial charge in [-0.05, 0) is 30.3 Å². The monoisotopic (exact) mass is 454 g/mol. The van der Waals surface area contributed by atoms with Gasteiger partial charge in [0.05, 0.1) is 17.3 Å². The molecule has 1 N–H and O–H groups in total. The van der Waals surface area contributed by atoms with Gasteiger partial charge >= 0.3 is 5.97 Å². The Morgan fingerprint density at radius 1 is 1.23 bits per heavy atom. The van der Waals surface area contributed by atoms with Crippen LogP contribution in [0, 0.1) is 5.82 Å². The standard InChI is InChI=1S/C21H15FN4O3S2/c1-28-20(27)16-10-30-19(24-16)17-9-15(26-29-17)11-2-5-13(6-3-11)23-21-25-14-7-4-12(22)8-18(14)31-21/h2-9,16H,10H2,1H3,(H,23,25). The molecule has 0 saturated heterocycles. The van der Waals surface area contributed by atoms with Gasteiger partial charge in [-0.3, -0.25) is 4.99 Å². The summed E-state index contributed by atoms with van der Waals surface area (Å²) in [6, 6.07) is 13.5. The zero-order valence-electron chi connectivity index (χ0n) is 16.2. The highest BCUT2D eigenvalue weighted by Gasteiger charge is 2.28. The van der Waals surface area contributed by atoms with E-state index in [1.807, 2.05) is 24.3 Å². The van der Waals surface area contributed by atoms with Crippen LogP contribution in [0.25, 0.3) is 21.5 Å². The van der Waals surface area contributed by atoms with Gasteiger partial charge in [0.15, 0.2) is 16.9 Å². The number of carbonyl (C=O) groups is 1. The topological polar surface area (TPSA) is 89.6 Å². The molecular formula is C21H15FN4O3S2. The van der Waals surface area contributed by atoms with E-state index in [1.165, 1.54) is 42.3 Å². The van der Waals surface area contributed by atoms with Crippen molar-refractivity contribution in [1.29, 1.82) is 0 Å². The number of methoxy groups -OCH3 is 1. The SMILES string of the molecule is COC(=O)C1CSC(c2cc(-c3ccc(Nc4nc5ccc(F)cc5s4)cc3)no2)=N1. The minimum atomic E-state index is -0.511. The number of thioether (sulfide) groups is 1. The molecule has 0 amide bonds. The van der Waals surface area contributed by atoms with E-state index in [9.17, 15) is 9.18 Å². The number of carbonyl (C=O) groups excluding carboxylic acids is 1. The average Bonchev–Trinajstić information content (AvgIpc) is 3.52. The number of ether oxygens (including phenoxy) is 1. The molecule has 0 bridgehead atoms. The van der Waals surface area contributed by atoms with Crippen LogP contribution in [0.15, 0.2) is 58.0 Å². The predicted molar refractivity (Wildman–Crippen MR) is 120 cm³/mol. The smallest absolute Gasteiger partial charge is 0.331 e. The molecule has 0 saturated carbocycles. The Balaban J connectivity index is 1.30. The Morgan fingerprint density at radius 3 is 2.87 bits per heavy atom. The molecule has 1 aliphatic rings. The van der Waals surface area contributed by atoms with Gasteiger partial charge < -0.3 is 14.6 Å². The lowest BCUT2D eigenvalue weighted by Gasteiger charge is -2.03. The highest BCUT2D eigenvalue weighted by atomic mass is 32.2. The number of fused-ring (bicyclic) bond motifs is 1. The van der Waals surface area contributed by atoms with E-state index in [1.54, 1.807) is 12.1 Å². The maximum absolute atomic E-state index is 13.4. The molecule has 0 aliphatic carbocycles. The van der Waals surface area contributed by atoms with Crippen molar-refractivity contribution in [3.8, 4) is 11.3 Å². The van der Waals surface area contributed by atoms with Crippen LogP contribution in [0.4, 0.5) is 15.2 Å². The summed E-state index contributed by atoms with van der Waals surface area (Å²) in [6.07, 6.45) is 0. The predicted octanol–water partition coefficient (Wildman–Crippen LogP) is 4.87. The van der Waals surface area contributed by atoms with Crippen molar-refractivity contribution in [3.63, 3.8) is 0 Å². The van der Waals surface area contributed by atoms with E-state index < -0.39 is 6.04 Å². The van der Waals surface area contributed by atoms with Gasteiger partial charge in [-0.2, -0.15) is 0 Å². The first-order valence-electron chi connectivity index (χ1n) is 9.28. The number of benzene rings is 2. The van der Waals surface area contributed by atoms with Gasteiger partial charge in [0.25, 0.3) is 0 Å². The number of hydrogen-bond acceptors (Lipinski definition) is 9. The van der Waals surface area contributed by atoms with Gasteiger partial charge in [0.1, 0.15) is 16.6 Å². The van der Waals surface area contributed by atoms with Crippen LogP contribution in [0.3, 0.4) is 0 Å². The molecule has 0 fully saturated rings. The highest BCUT2D eigenvalue weighted by Crippen LogP contribution is 2.31. The summed E-state index contributed by atoms with van der Waals surface area (Å²) in [6.45, 7) is 0. The number of halogens is 1. The van der Waals surface area contributed by atoms with E-state index in [2.05, 4.69) is 20.4 Å². The molecule has 5 rings (SSSR count). The third-order valence-corrected chi connectivity index (χ3v) is 6.62. The maximum Gasteiger partial charge on any atom is 0.331 e. The number of nitrogens with zero attached hydrogens (tertiary/aromatic N) is 3. The largest absolute Gasteiger partial charge is 0.467 e. The van der Waals surface area contributed by atoms with Crippen molar-refractivity contribution in [3.05, 3.63) is 60.1 Å². The number of thiazole rings is 1. The third-order valence-electron chi connectivity index (χ3n) is 4.63. The maximum atomic E-state index is 13.4. The number of nitrogens with one attached hydrogen (secondary N) is 1. The fourth-order valence-electron chi connectivity index (χ4n) is 3.08. The minimum absolute atomic E-state index is 0.276. The Hall–Kier alpha value is -3.24. The Morgan fingerprint density at radius 2 is 2.06 bits per heavy atom. The van der Waals surface area contributed by atoms with Crippen LogP contribution in [0.1, 0.15) is 5.76 Å². The molecule has 31 heavy (non-hydrogen) atoms. The summed E-state index contributed by atoms with van der Waals surface area (Å²) in [5, 5.41) is 8.68. The minimum Gasteiger partial charge on any atom is -0.467 e. The summed E-state index contributed by atoms with van der Waals surface area (Å²) in [7, 11) is 1.35. The van der Waals surface area contributed by atoms with E-state index in [4.69, 9.17) is 9.26 Å². The molecular weight excluding hydrogens is 439 g/mol. The number of rotatable bonds is 5. The van der Waals surface area contributed by atoms with Gasteiger partial charge in [-0.1, -0.05) is 28.6 Å². The second kappa shape index (κ2) is 8.12. The molecule has 3 heterocycles. The second-order valence-electron chi connectivity index (χ2n) is 6.69. The zero-order valence-corrected chi connectivity index (χ0v) is 17.8. The summed E-state index contributed by atoms with van der Waals surface area (Å²) >= 11 is 2.83. The summed E-state index contributed by atoms with van der Waals surface area (Å²) in [5.41, 5.74) is 3.15. The Labute approximate surface area is 184 Å². The van der Waals surface area contributed by atoms with Crippen LogP contribution in [0.2, 0.25) is 0 Å². The lowest BCUT2D eigenvalue weighted by molar-refractivity contribution is -0.141. The third kappa shape index (κ3) is 4.04. The molecule has 10 heteroatoms. The molecule has 1 aliphatic heterocycles. The van der Waals surface area contributed by atoms with Gasteiger partial charge in [0, 0.05) is 23.1 Å². The van der Waals surface area contributed by atoms with Crippen molar-refractivity contribution in [2.24, 2.45) is 4.99 Å². The quantitative estimate of drug-likeness (QED) is 0.430. The van der Waals surface area contributed by atoms with E-state index in [0.29, 0.717) is 27.4 Å². The van der Waals surface area contributed by atoms with Crippen LogP contribution < -0.4 is 5.32 Å². The van der Waals surface area contributed by atoms with Crippen LogP contribution in [-0.4, -0.2) is 40.1 Å². The van der Waals surface area contributed by atoms with E-state index in [0.717, 1.165) is 21.5 Å². The Bertz CT molecular complexity index is 1300. The van der Waals surface area contributed by atoms with Crippen LogP contribution in [0.5, 0.6) is 0 Å². The lowest BCUT2D eigenvalue weighted by atomic mass is 10.1. The number of hydrogen-bond donors (Lipinski definition) is 1. The number of aliphatic imine (C=N–C) groups is 1. The van der Waals surface area contributed by atoms with Crippen molar-refractivity contribution < 1.29 is 18.4 Å². The molecule has 0 spiro atoms.